The lowest BCUT2D eigenvalue weighted by atomic mass is 10.2. The van der Waals surface area contributed by atoms with Gasteiger partial charge >= 0.3 is 0 Å². The second kappa shape index (κ2) is 8.70. The third-order valence-corrected chi connectivity index (χ3v) is 6.68. The second-order valence-corrected chi connectivity index (χ2v) is 9.19. The summed E-state index contributed by atoms with van der Waals surface area (Å²) < 4.78 is 26.2. The highest BCUT2D eigenvalue weighted by molar-refractivity contribution is 9.10. The van der Waals surface area contributed by atoms with Crippen LogP contribution in [0.3, 0.4) is 0 Å². The summed E-state index contributed by atoms with van der Waals surface area (Å²) >= 11 is 3.29. The van der Waals surface area contributed by atoms with Crippen LogP contribution in [0.4, 0.5) is 0 Å². The molecular formula is C20H20BrN3O2S. The molecule has 3 rings (SSSR count). The van der Waals surface area contributed by atoms with Gasteiger partial charge < -0.3 is 4.90 Å². The van der Waals surface area contributed by atoms with Gasteiger partial charge in [-0.05, 0) is 29.8 Å². The van der Waals surface area contributed by atoms with E-state index in [0.717, 1.165) is 24.1 Å². The fourth-order valence-electron chi connectivity index (χ4n) is 2.96. The van der Waals surface area contributed by atoms with Crippen LogP contribution < -0.4 is 0 Å². The lowest BCUT2D eigenvalue weighted by Gasteiger charge is -2.34. The Labute approximate surface area is 168 Å². The van der Waals surface area contributed by atoms with Gasteiger partial charge in [0.2, 0.25) is 9.84 Å². The molecule has 0 radical (unpaired) electrons. The van der Waals surface area contributed by atoms with E-state index in [1.165, 1.54) is 23.9 Å². The molecule has 2 aromatic rings. The lowest BCUT2D eigenvalue weighted by Crippen LogP contribution is -2.43. The van der Waals surface area contributed by atoms with Crippen molar-refractivity contribution in [3.05, 3.63) is 75.7 Å². The van der Waals surface area contributed by atoms with Crippen molar-refractivity contribution >= 4 is 25.8 Å². The molecule has 0 saturated carbocycles. The first-order valence-corrected chi connectivity index (χ1v) is 10.9. The van der Waals surface area contributed by atoms with Crippen molar-refractivity contribution < 1.29 is 8.42 Å². The summed E-state index contributed by atoms with van der Waals surface area (Å²) in [6.07, 6.45) is 1.48. The van der Waals surface area contributed by atoms with Gasteiger partial charge in [-0.25, -0.2) is 8.42 Å². The van der Waals surface area contributed by atoms with Crippen LogP contribution in [0, 0.1) is 11.3 Å². The molecule has 0 unspecified atom stereocenters. The van der Waals surface area contributed by atoms with Crippen molar-refractivity contribution in [2.75, 3.05) is 26.2 Å². The first-order chi connectivity index (χ1) is 13.0. The van der Waals surface area contributed by atoms with Gasteiger partial charge in [0.05, 0.1) is 4.90 Å². The summed E-state index contributed by atoms with van der Waals surface area (Å²) in [7, 11) is -3.81. The van der Waals surface area contributed by atoms with Crippen molar-refractivity contribution in [1.29, 1.82) is 5.26 Å². The molecular weight excluding hydrogens is 426 g/mol. The molecule has 1 saturated heterocycles. The van der Waals surface area contributed by atoms with E-state index in [9.17, 15) is 13.7 Å². The highest BCUT2D eigenvalue weighted by atomic mass is 79.9. The molecule has 1 fully saturated rings. The van der Waals surface area contributed by atoms with Crippen molar-refractivity contribution in [2.24, 2.45) is 0 Å². The van der Waals surface area contributed by atoms with Crippen LogP contribution in [0.2, 0.25) is 0 Å². The van der Waals surface area contributed by atoms with Crippen LogP contribution in [0.25, 0.3) is 0 Å². The minimum absolute atomic E-state index is 0.126. The third kappa shape index (κ3) is 4.98. The molecule has 0 aromatic heterocycles. The molecule has 0 aliphatic carbocycles. The highest BCUT2D eigenvalue weighted by Gasteiger charge is 2.23. The van der Waals surface area contributed by atoms with E-state index in [2.05, 4.69) is 33.0 Å². The number of halogens is 1. The molecule has 7 heteroatoms. The monoisotopic (exact) mass is 445 g/mol. The van der Waals surface area contributed by atoms with E-state index in [0.29, 0.717) is 13.1 Å². The molecule has 1 aliphatic rings. The van der Waals surface area contributed by atoms with E-state index < -0.39 is 9.84 Å². The number of allylic oxidation sites excluding steroid dienone is 1. The van der Waals surface area contributed by atoms with Crippen LogP contribution in [0.5, 0.6) is 0 Å². The van der Waals surface area contributed by atoms with Gasteiger partial charge in [-0.1, -0.05) is 46.3 Å². The topological polar surface area (TPSA) is 64.4 Å². The zero-order valence-corrected chi connectivity index (χ0v) is 17.2. The quantitative estimate of drug-likeness (QED) is 0.659. The van der Waals surface area contributed by atoms with Crippen LogP contribution in [0.15, 0.2) is 75.1 Å². The fraction of sp³-hybridized carbons (Fsp3) is 0.250. The third-order valence-electron chi connectivity index (χ3n) is 4.48. The standard InChI is InChI=1S/C20H20BrN3O2S/c21-18-6-8-19(9-7-18)27(25,26)20(14-22)16-24-12-10-23(11-13-24)15-17-4-2-1-3-5-17/h1-9,16H,10-13,15H2/b20-16-. The van der Waals surface area contributed by atoms with E-state index in [1.807, 2.05) is 29.2 Å². The number of rotatable bonds is 5. The van der Waals surface area contributed by atoms with Gasteiger partial charge in [0.1, 0.15) is 6.07 Å². The van der Waals surface area contributed by atoms with Crippen molar-refractivity contribution in [2.45, 2.75) is 11.4 Å². The van der Waals surface area contributed by atoms with Gasteiger partial charge in [0.25, 0.3) is 0 Å². The van der Waals surface area contributed by atoms with E-state index in [1.54, 1.807) is 12.1 Å². The summed E-state index contributed by atoms with van der Waals surface area (Å²) in [5.74, 6) is 0. The predicted molar refractivity (Wildman–Crippen MR) is 108 cm³/mol. The molecule has 27 heavy (non-hydrogen) atoms. The van der Waals surface area contributed by atoms with E-state index >= 15 is 0 Å². The molecule has 0 bridgehead atoms. The predicted octanol–water partition coefficient (Wildman–Crippen LogP) is 3.41. The molecule has 140 valence electrons. The average Bonchev–Trinajstić information content (AvgIpc) is 2.68. The number of sulfone groups is 1. The minimum atomic E-state index is -3.81. The van der Waals surface area contributed by atoms with Gasteiger partial charge in [0, 0.05) is 43.4 Å². The van der Waals surface area contributed by atoms with Gasteiger partial charge in [-0.2, -0.15) is 5.26 Å². The molecule has 1 aliphatic heterocycles. The summed E-state index contributed by atoms with van der Waals surface area (Å²) in [6.45, 7) is 3.90. The van der Waals surface area contributed by atoms with E-state index in [4.69, 9.17) is 0 Å². The van der Waals surface area contributed by atoms with Crippen molar-refractivity contribution in [3.63, 3.8) is 0 Å². The Bertz CT molecular complexity index is 943. The smallest absolute Gasteiger partial charge is 0.218 e. The lowest BCUT2D eigenvalue weighted by molar-refractivity contribution is 0.162. The fourth-order valence-corrected chi connectivity index (χ4v) is 4.38. The number of piperazine rings is 1. The molecule has 0 amide bonds. The second-order valence-electron chi connectivity index (χ2n) is 6.36. The van der Waals surface area contributed by atoms with Crippen molar-refractivity contribution in [3.8, 4) is 6.07 Å². The molecule has 0 spiro atoms. The summed E-state index contributed by atoms with van der Waals surface area (Å²) in [5, 5.41) is 9.41. The maximum atomic E-state index is 12.7. The largest absolute Gasteiger partial charge is 0.373 e. The summed E-state index contributed by atoms with van der Waals surface area (Å²) in [4.78, 5) is 4.15. The van der Waals surface area contributed by atoms with Gasteiger partial charge in [-0.15, -0.1) is 0 Å². The summed E-state index contributed by atoms with van der Waals surface area (Å²) in [5.41, 5.74) is 1.26. The number of hydrogen-bond donors (Lipinski definition) is 0. The Morgan fingerprint density at radius 3 is 2.26 bits per heavy atom. The maximum Gasteiger partial charge on any atom is 0.218 e. The zero-order chi connectivity index (χ0) is 19.3. The van der Waals surface area contributed by atoms with Crippen LogP contribution in [0.1, 0.15) is 5.56 Å². The number of nitrogens with zero attached hydrogens (tertiary/aromatic N) is 3. The zero-order valence-electron chi connectivity index (χ0n) is 14.8. The van der Waals surface area contributed by atoms with E-state index in [-0.39, 0.29) is 9.80 Å². The normalized spacial score (nSPS) is 16.1. The Hall–Kier alpha value is -2.14. The molecule has 5 nitrogen and oxygen atoms in total. The Morgan fingerprint density at radius 2 is 1.67 bits per heavy atom. The first kappa shape index (κ1) is 19.6. The van der Waals surface area contributed by atoms with Crippen LogP contribution in [-0.4, -0.2) is 44.4 Å². The Morgan fingerprint density at radius 1 is 1.04 bits per heavy atom. The molecule has 0 N–H and O–H groups in total. The summed E-state index contributed by atoms with van der Waals surface area (Å²) in [6, 6.07) is 18.4. The molecule has 0 atom stereocenters. The Balaban J connectivity index is 1.67. The number of hydrogen-bond acceptors (Lipinski definition) is 5. The average molecular weight is 446 g/mol. The van der Waals surface area contributed by atoms with Crippen molar-refractivity contribution in [1.82, 2.24) is 9.80 Å². The SMILES string of the molecule is N#C/C(=C/N1CCN(Cc2ccccc2)CC1)S(=O)(=O)c1ccc(Br)cc1. The minimum Gasteiger partial charge on any atom is -0.373 e. The van der Waals surface area contributed by atoms with Gasteiger partial charge in [-0.3, -0.25) is 4.90 Å². The van der Waals surface area contributed by atoms with Gasteiger partial charge in [0.15, 0.2) is 4.91 Å². The first-order valence-electron chi connectivity index (χ1n) is 8.62. The molecule has 2 aromatic carbocycles. The Kier molecular flexibility index (Phi) is 6.32. The van der Waals surface area contributed by atoms with Crippen LogP contribution in [-0.2, 0) is 16.4 Å². The van der Waals surface area contributed by atoms with Crippen LogP contribution >= 0.6 is 15.9 Å². The maximum absolute atomic E-state index is 12.7. The number of benzene rings is 2. The molecule has 1 heterocycles. The number of nitriles is 1. The highest BCUT2D eigenvalue weighted by Crippen LogP contribution is 2.22.